The maximum absolute atomic E-state index is 11.6. The molecule has 0 amide bonds. The van der Waals surface area contributed by atoms with Gasteiger partial charge in [-0.25, -0.2) is 0 Å². The monoisotopic (exact) mass is 227 g/mol. The zero-order valence-corrected chi connectivity index (χ0v) is 9.29. The first-order valence-electron chi connectivity index (χ1n) is 4.77. The summed E-state index contributed by atoms with van der Waals surface area (Å²) in [5.74, 6) is -0.00711. The quantitative estimate of drug-likeness (QED) is 0.750. The first kappa shape index (κ1) is 12.2. The third-order valence-electron chi connectivity index (χ3n) is 1.89. The van der Waals surface area contributed by atoms with Crippen molar-refractivity contribution in [2.45, 2.75) is 13.0 Å². The van der Waals surface area contributed by atoms with E-state index in [-0.39, 0.29) is 12.3 Å². The summed E-state index contributed by atoms with van der Waals surface area (Å²) < 4.78 is 0. The number of rotatable bonds is 5. The van der Waals surface area contributed by atoms with Gasteiger partial charge in [0.2, 0.25) is 0 Å². The second-order valence-corrected chi connectivity index (χ2v) is 3.85. The number of hydrogen-bond donors (Lipinski definition) is 2. The zero-order chi connectivity index (χ0) is 11.3. The van der Waals surface area contributed by atoms with Crippen molar-refractivity contribution >= 4 is 17.4 Å². The molecule has 1 atom stereocenters. The summed E-state index contributed by atoms with van der Waals surface area (Å²) in [6.45, 7) is 2.31. The van der Waals surface area contributed by atoms with Crippen LogP contribution in [0.2, 0.25) is 5.02 Å². The molecule has 0 aliphatic heterocycles. The second-order valence-electron chi connectivity index (χ2n) is 3.41. The lowest BCUT2D eigenvalue weighted by molar-refractivity contribution is 0.0985. The maximum atomic E-state index is 11.6. The van der Waals surface area contributed by atoms with Crippen molar-refractivity contribution in [2.24, 2.45) is 0 Å². The topological polar surface area (TPSA) is 49.3 Å². The first-order chi connectivity index (χ1) is 7.09. The SMILES string of the molecule is CC(O)CNCC(=O)c1ccc(Cl)cc1. The average molecular weight is 228 g/mol. The van der Waals surface area contributed by atoms with E-state index in [4.69, 9.17) is 16.7 Å². The zero-order valence-electron chi connectivity index (χ0n) is 8.53. The van der Waals surface area contributed by atoms with Gasteiger partial charge in [0.25, 0.3) is 0 Å². The van der Waals surface area contributed by atoms with Gasteiger partial charge < -0.3 is 10.4 Å². The summed E-state index contributed by atoms with van der Waals surface area (Å²) in [6, 6.07) is 6.75. The van der Waals surface area contributed by atoms with E-state index in [1.165, 1.54) is 0 Å². The Morgan fingerprint density at radius 3 is 2.60 bits per heavy atom. The Morgan fingerprint density at radius 2 is 2.07 bits per heavy atom. The third kappa shape index (κ3) is 4.42. The molecule has 0 saturated carbocycles. The minimum Gasteiger partial charge on any atom is -0.392 e. The molecule has 0 aliphatic rings. The Bertz CT molecular complexity index is 322. The van der Waals surface area contributed by atoms with Gasteiger partial charge in [-0.3, -0.25) is 4.79 Å². The molecule has 82 valence electrons. The van der Waals surface area contributed by atoms with Crippen molar-refractivity contribution < 1.29 is 9.90 Å². The van der Waals surface area contributed by atoms with Crippen LogP contribution in [0.1, 0.15) is 17.3 Å². The van der Waals surface area contributed by atoms with E-state index in [0.717, 1.165) is 0 Å². The molecule has 1 rings (SSSR count). The van der Waals surface area contributed by atoms with E-state index < -0.39 is 6.10 Å². The summed E-state index contributed by atoms with van der Waals surface area (Å²) >= 11 is 5.70. The number of aliphatic hydroxyl groups excluding tert-OH is 1. The Labute approximate surface area is 94.1 Å². The third-order valence-corrected chi connectivity index (χ3v) is 2.14. The molecule has 4 heteroatoms. The molecular weight excluding hydrogens is 214 g/mol. The Hall–Kier alpha value is -0.900. The molecule has 0 spiro atoms. The molecule has 3 nitrogen and oxygen atoms in total. The summed E-state index contributed by atoms with van der Waals surface area (Å²) in [6.07, 6.45) is -0.442. The minimum absolute atomic E-state index is 0.00711. The highest BCUT2D eigenvalue weighted by Gasteiger charge is 2.05. The summed E-state index contributed by atoms with van der Waals surface area (Å²) in [7, 11) is 0. The molecule has 0 radical (unpaired) electrons. The number of ketones is 1. The van der Waals surface area contributed by atoms with Crippen molar-refractivity contribution in [3.63, 3.8) is 0 Å². The number of halogens is 1. The van der Waals surface area contributed by atoms with Gasteiger partial charge in [-0.1, -0.05) is 11.6 Å². The molecule has 0 saturated heterocycles. The Balaban J connectivity index is 2.43. The standard InChI is InChI=1S/C11H14ClNO2/c1-8(14)6-13-7-11(15)9-2-4-10(12)5-3-9/h2-5,8,13-14H,6-7H2,1H3. The molecule has 0 aromatic heterocycles. The van der Waals surface area contributed by atoms with Crippen molar-refractivity contribution in [3.8, 4) is 0 Å². The van der Waals surface area contributed by atoms with Gasteiger partial charge in [-0.05, 0) is 31.2 Å². The number of hydrogen-bond acceptors (Lipinski definition) is 3. The van der Waals surface area contributed by atoms with Crippen molar-refractivity contribution in [3.05, 3.63) is 34.9 Å². The van der Waals surface area contributed by atoms with Gasteiger partial charge in [-0.15, -0.1) is 0 Å². The van der Waals surface area contributed by atoms with Crippen LogP contribution < -0.4 is 5.32 Å². The van der Waals surface area contributed by atoms with Crippen LogP contribution in [0.3, 0.4) is 0 Å². The van der Waals surface area contributed by atoms with Gasteiger partial charge in [0.1, 0.15) is 0 Å². The van der Waals surface area contributed by atoms with Gasteiger partial charge in [0.15, 0.2) is 5.78 Å². The molecule has 0 aliphatic carbocycles. The fourth-order valence-electron chi connectivity index (χ4n) is 1.13. The van der Waals surface area contributed by atoms with Gasteiger partial charge in [0, 0.05) is 17.1 Å². The van der Waals surface area contributed by atoms with Crippen LogP contribution in [0.4, 0.5) is 0 Å². The van der Waals surface area contributed by atoms with E-state index in [1.54, 1.807) is 31.2 Å². The summed E-state index contributed by atoms with van der Waals surface area (Å²) in [4.78, 5) is 11.6. The lowest BCUT2D eigenvalue weighted by Gasteiger charge is -2.06. The van der Waals surface area contributed by atoms with Crippen molar-refractivity contribution in [1.29, 1.82) is 0 Å². The number of carbonyl (C=O) groups is 1. The van der Waals surface area contributed by atoms with Crippen molar-refractivity contribution in [2.75, 3.05) is 13.1 Å². The van der Waals surface area contributed by atoms with Gasteiger partial charge in [0.05, 0.1) is 12.6 Å². The number of benzene rings is 1. The Morgan fingerprint density at radius 1 is 1.47 bits per heavy atom. The number of Topliss-reactive ketones (excluding diaryl/α,β-unsaturated/α-hetero) is 1. The molecule has 1 aromatic carbocycles. The number of aliphatic hydroxyl groups is 1. The van der Waals surface area contributed by atoms with E-state index >= 15 is 0 Å². The molecule has 0 bridgehead atoms. The highest BCUT2D eigenvalue weighted by atomic mass is 35.5. The van der Waals surface area contributed by atoms with Crippen LogP contribution in [0.15, 0.2) is 24.3 Å². The number of nitrogens with one attached hydrogen (secondary N) is 1. The number of carbonyl (C=O) groups excluding carboxylic acids is 1. The van der Waals surface area contributed by atoms with E-state index in [9.17, 15) is 4.79 Å². The smallest absolute Gasteiger partial charge is 0.176 e. The molecule has 1 unspecified atom stereocenters. The van der Waals surface area contributed by atoms with E-state index in [0.29, 0.717) is 17.1 Å². The van der Waals surface area contributed by atoms with Gasteiger partial charge >= 0.3 is 0 Å². The van der Waals surface area contributed by atoms with Crippen LogP contribution in [0.5, 0.6) is 0 Å². The van der Waals surface area contributed by atoms with E-state index in [1.807, 2.05) is 0 Å². The summed E-state index contributed by atoms with van der Waals surface area (Å²) in [5, 5.41) is 12.5. The van der Waals surface area contributed by atoms with E-state index in [2.05, 4.69) is 5.32 Å². The lowest BCUT2D eigenvalue weighted by atomic mass is 10.1. The molecule has 1 aromatic rings. The van der Waals surface area contributed by atoms with Crippen LogP contribution >= 0.6 is 11.6 Å². The fraction of sp³-hybridized carbons (Fsp3) is 0.364. The predicted octanol–water partition coefficient (Wildman–Crippen LogP) is 1.49. The van der Waals surface area contributed by atoms with Crippen molar-refractivity contribution in [1.82, 2.24) is 5.32 Å². The predicted molar refractivity (Wildman–Crippen MR) is 60.3 cm³/mol. The Kier molecular flexibility index (Phi) is 4.75. The molecule has 15 heavy (non-hydrogen) atoms. The summed E-state index contributed by atoms with van der Waals surface area (Å²) in [5.41, 5.74) is 0.623. The average Bonchev–Trinajstić information content (AvgIpc) is 2.18. The highest BCUT2D eigenvalue weighted by Crippen LogP contribution is 2.09. The fourth-order valence-corrected chi connectivity index (χ4v) is 1.26. The molecule has 0 fully saturated rings. The lowest BCUT2D eigenvalue weighted by Crippen LogP contribution is -2.29. The van der Waals surface area contributed by atoms with Crippen LogP contribution in [-0.4, -0.2) is 30.1 Å². The molecule has 0 heterocycles. The first-order valence-corrected chi connectivity index (χ1v) is 5.15. The maximum Gasteiger partial charge on any atom is 0.176 e. The molecular formula is C11H14ClNO2. The van der Waals surface area contributed by atoms with Crippen LogP contribution in [-0.2, 0) is 0 Å². The normalized spacial score (nSPS) is 12.5. The largest absolute Gasteiger partial charge is 0.392 e. The van der Waals surface area contributed by atoms with Crippen LogP contribution in [0.25, 0.3) is 0 Å². The van der Waals surface area contributed by atoms with Crippen LogP contribution in [0, 0.1) is 0 Å². The highest BCUT2D eigenvalue weighted by molar-refractivity contribution is 6.30. The second kappa shape index (κ2) is 5.85. The minimum atomic E-state index is -0.442. The van der Waals surface area contributed by atoms with Gasteiger partial charge in [-0.2, -0.15) is 0 Å². The molecule has 2 N–H and O–H groups in total.